The van der Waals surface area contributed by atoms with Crippen LogP contribution in [0.5, 0.6) is 0 Å². The third kappa shape index (κ3) is 9.97. The fraction of sp³-hybridized carbons (Fsp3) is 0.111. The fourth-order valence-electron chi connectivity index (χ4n) is 1.39. The number of fused-ring (bicyclic) bond motifs is 1. The van der Waals surface area contributed by atoms with Gasteiger partial charge in [-0.3, -0.25) is 0 Å². The monoisotopic (exact) mass is 316 g/mol. The van der Waals surface area contributed by atoms with Crippen LogP contribution < -0.4 is 0 Å². The molecule has 3 aromatic rings. The normalized spacial score (nSPS) is 8.40. The standard InChI is InChI=1S/C9H7.C5H5.C3H9Si.CH3.Ti/c1-2-5-9-7-3-6-8(9)4-1;1-2-4-5-3-1;1-4(2)3;;/h1-7H;1-5H;4H,1H2,2-3H3;1H3;/q4*-1;+4. The van der Waals surface area contributed by atoms with Crippen molar-refractivity contribution in [2.24, 2.45) is 0 Å². The smallest absolute Gasteiger partial charge is 0.358 e. The van der Waals surface area contributed by atoms with Crippen molar-refractivity contribution in [3.63, 3.8) is 0 Å². The summed E-state index contributed by atoms with van der Waals surface area (Å²) >= 11 is 0. The van der Waals surface area contributed by atoms with Crippen molar-refractivity contribution in [3.05, 3.63) is 86.8 Å². The molecule has 3 aromatic carbocycles. The van der Waals surface area contributed by atoms with Gasteiger partial charge in [-0.1, -0.05) is 19.2 Å². The van der Waals surface area contributed by atoms with E-state index in [0.29, 0.717) is 0 Å². The van der Waals surface area contributed by atoms with Gasteiger partial charge in [0.05, 0.1) is 0 Å². The molecule has 0 atom stereocenters. The Morgan fingerprint density at radius 2 is 1.45 bits per heavy atom. The first kappa shape index (κ1) is 21.4. The van der Waals surface area contributed by atoms with E-state index in [1.807, 2.05) is 30.3 Å². The van der Waals surface area contributed by atoms with Gasteiger partial charge in [-0.25, -0.2) is 12.1 Å². The molecular weight excluding hydrogens is 292 g/mol. The average Bonchev–Trinajstić information content (AvgIpc) is 3.03. The largest absolute Gasteiger partial charge is 4.00 e. The van der Waals surface area contributed by atoms with Gasteiger partial charge in [0, 0.05) is 0 Å². The van der Waals surface area contributed by atoms with E-state index in [2.05, 4.69) is 62.1 Å². The number of rotatable bonds is 0. The molecule has 0 radical (unpaired) electrons. The van der Waals surface area contributed by atoms with Crippen molar-refractivity contribution in [1.82, 2.24) is 0 Å². The van der Waals surface area contributed by atoms with E-state index in [0.717, 1.165) is 0 Å². The SMILES string of the molecule is [CH2-][SiH](C)C.[CH3-].[Ti+4].c1cc[cH-]c1.c1ccc2[cH-]ccc2c1. The van der Waals surface area contributed by atoms with Crippen LogP contribution in [0.15, 0.2) is 72.8 Å². The van der Waals surface area contributed by atoms with Gasteiger partial charge in [0.1, 0.15) is 0 Å². The minimum atomic E-state index is -0.389. The first-order valence-corrected chi connectivity index (χ1v) is 9.43. The maximum absolute atomic E-state index is 3.78. The summed E-state index contributed by atoms with van der Waals surface area (Å²) in [5, 5.41) is 2.66. The van der Waals surface area contributed by atoms with Crippen LogP contribution in [-0.2, 0) is 21.7 Å². The summed E-state index contributed by atoms with van der Waals surface area (Å²) in [5.74, 6) is 0. The third-order valence-electron chi connectivity index (χ3n) is 2.10. The van der Waals surface area contributed by atoms with Crippen molar-refractivity contribution in [2.45, 2.75) is 13.1 Å². The third-order valence-corrected chi connectivity index (χ3v) is 2.10. The molecule has 0 N–H and O–H groups in total. The van der Waals surface area contributed by atoms with Crippen molar-refractivity contribution in [2.75, 3.05) is 0 Å². The van der Waals surface area contributed by atoms with E-state index in [1.165, 1.54) is 10.8 Å². The van der Waals surface area contributed by atoms with Gasteiger partial charge in [-0.2, -0.15) is 35.7 Å². The minimum Gasteiger partial charge on any atom is -0.358 e. The van der Waals surface area contributed by atoms with Crippen LogP contribution in [0.4, 0.5) is 0 Å². The van der Waals surface area contributed by atoms with Crippen LogP contribution in [0, 0.1) is 14.0 Å². The predicted octanol–water partition coefficient (Wildman–Crippen LogP) is 5.26. The number of hydrogen-bond donors (Lipinski definition) is 0. The molecule has 0 unspecified atom stereocenters. The van der Waals surface area contributed by atoms with E-state index in [-0.39, 0.29) is 37.9 Å². The van der Waals surface area contributed by atoms with Crippen molar-refractivity contribution >= 4 is 19.6 Å². The Bertz CT molecular complexity index is 459. The van der Waals surface area contributed by atoms with Crippen LogP contribution in [-0.4, -0.2) is 8.80 Å². The molecule has 0 amide bonds. The van der Waals surface area contributed by atoms with Crippen LogP contribution in [0.1, 0.15) is 0 Å². The van der Waals surface area contributed by atoms with Gasteiger partial charge in [0.15, 0.2) is 0 Å². The summed E-state index contributed by atoms with van der Waals surface area (Å²) in [4.78, 5) is 0. The second kappa shape index (κ2) is 13.1. The molecule has 104 valence electrons. The van der Waals surface area contributed by atoms with Crippen LogP contribution in [0.3, 0.4) is 0 Å². The zero-order chi connectivity index (χ0) is 13.2. The summed E-state index contributed by atoms with van der Waals surface area (Å²) in [6, 6.07) is 24.7. The Morgan fingerprint density at radius 3 is 1.90 bits per heavy atom. The molecule has 0 heterocycles. The molecule has 0 bridgehead atoms. The van der Waals surface area contributed by atoms with Gasteiger partial charge in [-0.15, -0.1) is 38.4 Å². The Hall–Kier alpha value is -0.889. The minimum absolute atomic E-state index is 0. The molecule has 0 aliphatic carbocycles. The molecule has 0 fully saturated rings. The van der Waals surface area contributed by atoms with Crippen LogP contribution in [0.25, 0.3) is 10.8 Å². The van der Waals surface area contributed by atoms with E-state index in [9.17, 15) is 0 Å². The van der Waals surface area contributed by atoms with E-state index >= 15 is 0 Å². The van der Waals surface area contributed by atoms with Crippen molar-refractivity contribution in [1.29, 1.82) is 0 Å². The summed E-state index contributed by atoms with van der Waals surface area (Å²) in [6.07, 6.45) is 0. The topological polar surface area (TPSA) is 0 Å². The zero-order valence-corrected chi connectivity index (χ0v) is 15.4. The molecule has 0 aliphatic rings. The summed E-state index contributed by atoms with van der Waals surface area (Å²) in [7, 11) is -0.389. The Labute approximate surface area is 141 Å². The quantitative estimate of drug-likeness (QED) is 0.392. The Balaban J connectivity index is 0. The van der Waals surface area contributed by atoms with Gasteiger partial charge < -0.3 is 14.0 Å². The molecule has 3 rings (SSSR count). The predicted molar refractivity (Wildman–Crippen MR) is 92.2 cm³/mol. The van der Waals surface area contributed by atoms with Gasteiger partial charge in [-0.05, 0) is 0 Å². The second-order valence-electron chi connectivity index (χ2n) is 4.51. The second-order valence-corrected chi connectivity index (χ2v) is 7.30. The number of hydrogen-bond acceptors (Lipinski definition) is 0. The van der Waals surface area contributed by atoms with Gasteiger partial charge >= 0.3 is 21.7 Å². The molecule has 0 saturated heterocycles. The molecule has 0 aliphatic heterocycles. The molecule has 0 aromatic heterocycles. The summed E-state index contributed by atoms with van der Waals surface area (Å²) in [6.45, 7) is 8.17. The van der Waals surface area contributed by atoms with Gasteiger partial charge in [0.25, 0.3) is 0 Å². The van der Waals surface area contributed by atoms with Crippen molar-refractivity contribution < 1.29 is 21.7 Å². The summed E-state index contributed by atoms with van der Waals surface area (Å²) < 4.78 is 0. The van der Waals surface area contributed by atoms with Gasteiger partial charge in [0.2, 0.25) is 0 Å². The molecule has 0 nitrogen and oxygen atoms in total. The summed E-state index contributed by atoms with van der Waals surface area (Å²) in [5.41, 5.74) is 0. The average molecular weight is 316 g/mol. The maximum Gasteiger partial charge on any atom is 4.00 e. The molecule has 0 saturated carbocycles. The fourth-order valence-corrected chi connectivity index (χ4v) is 1.39. The molecule has 20 heavy (non-hydrogen) atoms. The Morgan fingerprint density at radius 1 is 0.900 bits per heavy atom. The van der Waals surface area contributed by atoms with E-state index < -0.39 is 0 Å². The molecule has 2 heteroatoms. The molecular formula is C18H24SiTi. The zero-order valence-electron chi connectivity index (χ0n) is 12.7. The van der Waals surface area contributed by atoms with Crippen LogP contribution >= 0.6 is 0 Å². The maximum atomic E-state index is 3.78. The first-order chi connectivity index (χ1) is 8.70. The van der Waals surface area contributed by atoms with Crippen LogP contribution in [0.2, 0.25) is 13.1 Å². The van der Waals surface area contributed by atoms with Crippen molar-refractivity contribution in [3.8, 4) is 0 Å². The van der Waals surface area contributed by atoms with E-state index in [1.54, 1.807) is 0 Å². The number of benzene rings is 1. The van der Waals surface area contributed by atoms with E-state index in [4.69, 9.17) is 0 Å². The Kier molecular flexibility index (Phi) is 14.0. The first-order valence-electron chi connectivity index (χ1n) is 6.30. The molecule has 0 spiro atoms.